The van der Waals surface area contributed by atoms with Gasteiger partial charge in [-0.2, -0.15) is 0 Å². The smallest absolute Gasteiger partial charge is 0.312 e. The number of hydrogen-bond donors (Lipinski definition) is 1. The maximum absolute atomic E-state index is 12.3. The topological polar surface area (TPSA) is 102 Å². The Morgan fingerprint density at radius 2 is 1.92 bits per heavy atom. The molecule has 1 heterocycles. The van der Waals surface area contributed by atoms with Crippen molar-refractivity contribution in [2.75, 3.05) is 33.3 Å². The second-order valence-corrected chi connectivity index (χ2v) is 7.51. The highest BCUT2D eigenvalue weighted by atomic mass is 32.2. The van der Waals surface area contributed by atoms with Gasteiger partial charge < -0.3 is 9.64 Å². The van der Waals surface area contributed by atoms with Gasteiger partial charge in [0.05, 0.1) is 16.9 Å². The largest absolute Gasteiger partial charge is 0.490 e. The Labute approximate surface area is 142 Å². The normalized spacial score (nSPS) is 16.5. The van der Waals surface area contributed by atoms with Crippen LogP contribution in [0.4, 0.5) is 5.69 Å². The van der Waals surface area contributed by atoms with Crippen LogP contribution in [0, 0.1) is 10.1 Å². The second-order valence-electron chi connectivity index (χ2n) is 5.74. The van der Waals surface area contributed by atoms with E-state index in [2.05, 4.69) is 9.62 Å². The van der Waals surface area contributed by atoms with E-state index in [4.69, 9.17) is 4.74 Å². The van der Waals surface area contributed by atoms with E-state index in [9.17, 15) is 18.5 Å². The van der Waals surface area contributed by atoms with Gasteiger partial charge in [-0.1, -0.05) is 12.8 Å². The van der Waals surface area contributed by atoms with Gasteiger partial charge in [-0.05, 0) is 38.1 Å². The first-order valence-corrected chi connectivity index (χ1v) is 9.47. The second kappa shape index (κ2) is 8.41. The summed E-state index contributed by atoms with van der Waals surface area (Å²) in [7, 11) is -2.49. The molecule has 0 unspecified atom stereocenters. The van der Waals surface area contributed by atoms with Crippen molar-refractivity contribution in [3.05, 3.63) is 28.3 Å². The molecule has 0 aromatic heterocycles. The SMILES string of the molecule is COc1ccc(S(=O)(=O)NCCN2CCCCCC2)cc1[N+](=O)[O-]. The number of nitrogens with zero attached hydrogens (tertiary/aromatic N) is 2. The van der Waals surface area contributed by atoms with Gasteiger partial charge in [-0.15, -0.1) is 0 Å². The van der Waals surface area contributed by atoms with Crippen LogP contribution in [0.2, 0.25) is 0 Å². The Hall–Kier alpha value is -1.71. The van der Waals surface area contributed by atoms with Gasteiger partial charge in [0.2, 0.25) is 10.0 Å². The molecule has 9 heteroatoms. The molecule has 1 fully saturated rings. The maximum atomic E-state index is 12.3. The minimum absolute atomic E-state index is 0.0310. The van der Waals surface area contributed by atoms with Gasteiger partial charge >= 0.3 is 5.69 Å². The lowest BCUT2D eigenvalue weighted by atomic mass is 10.2. The van der Waals surface area contributed by atoms with E-state index < -0.39 is 14.9 Å². The van der Waals surface area contributed by atoms with E-state index in [-0.39, 0.29) is 22.9 Å². The van der Waals surface area contributed by atoms with Crippen molar-refractivity contribution in [1.82, 2.24) is 9.62 Å². The third-order valence-electron chi connectivity index (χ3n) is 4.08. The van der Waals surface area contributed by atoms with Crippen molar-refractivity contribution in [2.24, 2.45) is 0 Å². The summed E-state index contributed by atoms with van der Waals surface area (Å²) in [5.41, 5.74) is -0.368. The molecule has 0 bridgehead atoms. The zero-order valence-electron chi connectivity index (χ0n) is 13.7. The van der Waals surface area contributed by atoms with Gasteiger partial charge in [-0.3, -0.25) is 10.1 Å². The first-order valence-electron chi connectivity index (χ1n) is 7.98. The van der Waals surface area contributed by atoms with Crippen LogP contribution < -0.4 is 9.46 Å². The predicted molar refractivity (Wildman–Crippen MR) is 89.7 cm³/mol. The molecule has 134 valence electrons. The molecular formula is C15H23N3O5S. The van der Waals surface area contributed by atoms with Crippen LogP contribution in [-0.4, -0.2) is 51.5 Å². The summed E-state index contributed by atoms with van der Waals surface area (Å²) in [5, 5.41) is 11.0. The van der Waals surface area contributed by atoms with Crippen molar-refractivity contribution >= 4 is 15.7 Å². The average molecular weight is 357 g/mol. The molecule has 0 radical (unpaired) electrons. The summed E-state index contributed by atoms with van der Waals surface area (Å²) in [5.74, 6) is 0.0310. The molecule has 1 aromatic rings. The molecule has 8 nitrogen and oxygen atoms in total. The van der Waals surface area contributed by atoms with E-state index in [1.807, 2.05) is 0 Å². The predicted octanol–water partition coefficient (Wildman–Crippen LogP) is 1.76. The average Bonchev–Trinajstić information content (AvgIpc) is 2.82. The van der Waals surface area contributed by atoms with Gasteiger partial charge in [-0.25, -0.2) is 13.1 Å². The van der Waals surface area contributed by atoms with Crippen molar-refractivity contribution in [1.29, 1.82) is 0 Å². The molecule has 1 aliphatic rings. The number of sulfonamides is 1. The molecule has 0 saturated carbocycles. The lowest BCUT2D eigenvalue weighted by Gasteiger charge is -2.19. The fourth-order valence-electron chi connectivity index (χ4n) is 2.76. The number of nitrogens with one attached hydrogen (secondary N) is 1. The molecule has 0 amide bonds. The van der Waals surface area contributed by atoms with Crippen LogP contribution in [0.1, 0.15) is 25.7 Å². The Kier molecular flexibility index (Phi) is 6.52. The number of nitro benzene ring substituents is 1. The molecule has 1 aliphatic heterocycles. The van der Waals surface area contributed by atoms with Crippen molar-refractivity contribution < 1.29 is 18.1 Å². The molecule has 1 aromatic carbocycles. The number of rotatable bonds is 7. The number of nitro groups is 1. The summed E-state index contributed by atoms with van der Waals surface area (Å²) < 4.78 is 32.0. The summed E-state index contributed by atoms with van der Waals surface area (Å²) in [6, 6.07) is 3.62. The highest BCUT2D eigenvalue weighted by Gasteiger charge is 2.22. The third kappa shape index (κ3) is 4.89. The zero-order valence-corrected chi connectivity index (χ0v) is 14.5. The minimum Gasteiger partial charge on any atom is -0.490 e. The Morgan fingerprint density at radius 3 is 2.50 bits per heavy atom. The lowest BCUT2D eigenvalue weighted by Crippen LogP contribution is -2.35. The molecule has 1 N–H and O–H groups in total. The zero-order chi connectivity index (χ0) is 17.6. The van der Waals surface area contributed by atoms with Crippen molar-refractivity contribution in [3.63, 3.8) is 0 Å². The summed E-state index contributed by atoms with van der Waals surface area (Å²) >= 11 is 0. The Balaban J connectivity index is 2.01. The monoisotopic (exact) mass is 357 g/mol. The van der Waals surface area contributed by atoms with E-state index >= 15 is 0 Å². The quantitative estimate of drug-likeness (QED) is 0.589. The fraction of sp³-hybridized carbons (Fsp3) is 0.600. The number of benzene rings is 1. The highest BCUT2D eigenvalue weighted by Crippen LogP contribution is 2.29. The van der Waals surface area contributed by atoms with Crippen molar-refractivity contribution in [3.8, 4) is 5.75 Å². The first-order chi connectivity index (χ1) is 11.4. The standard InChI is InChI=1S/C15H23N3O5S/c1-23-15-7-6-13(12-14(15)18(19)20)24(21,22)16-8-11-17-9-4-2-3-5-10-17/h6-7,12,16H,2-5,8-11H2,1H3. The number of hydrogen-bond acceptors (Lipinski definition) is 6. The third-order valence-corrected chi connectivity index (χ3v) is 5.53. The van der Waals surface area contributed by atoms with Gasteiger partial charge in [0.1, 0.15) is 0 Å². The maximum Gasteiger partial charge on any atom is 0.312 e. The van der Waals surface area contributed by atoms with Crippen molar-refractivity contribution in [2.45, 2.75) is 30.6 Å². The molecule has 0 aliphatic carbocycles. The van der Waals surface area contributed by atoms with Crippen LogP contribution in [0.25, 0.3) is 0 Å². The van der Waals surface area contributed by atoms with Crippen LogP contribution in [0.15, 0.2) is 23.1 Å². The highest BCUT2D eigenvalue weighted by molar-refractivity contribution is 7.89. The molecule has 0 spiro atoms. The molecule has 2 rings (SSSR count). The molecule has 0 atom stereocenters. The first kappa shape index (κ1) is 18.6. The van der Waals surface area contributed by atoms with Crippen LogP contribution in [-0.2, 0) is 10.0 Å². The Bertz CT molecular complexity index is 670. The van der Waals surface area contributed by atoms with E-state index in [1.165, 1.54) is 32.1 Å². The molecular weight excluding hydrogens is 334 g/mol. The van der Waals surface area contributed by atoms with Gasteiger partial charge in [0, 0.05) is 19.2 Å². The van der Waals surface area contributed by atoms with E-state index in [0.717, 1.165) is 32.0 Å². The van der Waals surface area contributed by atoms with Gasteiger partial charge in [0.15, 0.2) is 5.75 Å². The Morgan fingerprint density at radius 1 is 1.25 bits per heavy atom. The molecule has 24 heavy (non-hydrogen) atoms. The van der Waals surface area contributed by atoms with Crippen LogP contribution >= 0.6 is 0 Å². The fourth-order valence-corrected chi connectivity index (χ4v) is 3.80. The number of ether oxygens (including phenoxy) is 1. The summed E-state index contributed by atoms with van der Waals surface area (Å²) in [4.78, 5) is 12.5. The summed E-state index contributed by atoms with van der Waals surface area (Å²) in [6.07, 6.45) is 4.71. The van der Waals surface area contributed by atoms with Crippen LogP contribution in [0.3, 0.4) is 0 Å². The van der Waals surface area contributed by atoms with E-state index in [0.29, 0.717) is 6.54 Å². The minimum atomic E-state index is -3.79. The van der Waals surface area contributed by atoms with Gasteiger partial charge in [0.25, 0.3) is 0 Å². The lowest BCUT2D eigenvalue weighted by molar-refractivity contribution is -0.386. The number of methoxy groups -OCH3 is 1. The summed E-state index contributed by atoms with van der Waals surface area (Å²) in [6.45, 7) is 2.88. The van der Waals surface area contributed by atoms with Crippen LogP contribution in [0.5, 0.6) is 5.75 Å². The van der Waals surface area contributed by atoms with E-state index in [1.54, 1.807) is 0 Å². The molecule has 1 saturated heterocycles. The number of likely N-dealkylation sites (tertiary alicyclic amines) is 1.